The number of furan rings is 1. The van der Waals surface area contributed by atoms with Gasteiger partial charge in [-0.05, 0) is 23.8 Å². The molecule has 1 atom stereocenters. The molecule has 0 fully saturated rings. The fourth-order valence-electron chi connectivity index (χ4n) is 2.69. The lowest BCUT2D eigenvalue weighted by Crippen LogP contribution is -2.03. The molecule has 19 heavy (non-hydrogen) atoms. The van der Waals surface area contributed by atoms with Crippen molar-refractivity contribution in [2.24, 2.45) is 0 Å². The van der Waals surface area contributed by atoms with Crippen LogP contribution in [-0.4, -0.2) is 0 Å². The van der Waals surface area contributed by atoms with Gasteiger partial charge in [-0.15, -0.1) is 0 Å². The summed E-state index contributed by atoms with van der Waals surface area (Å²) in [7, 11) is 0. The lowest BCUT2D eigenvalue weighted by molar-refractivity contribution is 0.496. The van der Waals surface area contributed by atoms with E-state index in [1.165, 1.54) is 11.6 Å². The summed E-state index contributed by atoms with van der Waals surface area (Å²) in [5.74, 6) is 0.482. The Labute approximate surface area is 109 Å². The molecule has 3 aromatic rings. The van der Waals surface area contributed by atoms with Crippen LogP contribution >= 0.6 is 0 Å². The molecule has 1 unspecified atom stereocenters. The Balaban J connectivity index is 1.75. The highest BCUT2D eigenvalue weighted by Crippen LogP contribution is 2.36. The van der Waals surface area contributed by atoms with E-state index in [0.29, 0.717) is 5.58 Å². The van der Waals surface area contributed by atoms with Crippen LogP contribution in [0.5, 0.6) is 0 Å². The molecule has 3 heteroatoms. The fourth-order valence-corrected chi connectivity index (χ4v) is 2.69. The van der Waals surface area contributed by atoms with Crippen molar-refractivity contribution in [3.8, 4) is 0 Å². The molecule has 0 saturated heterocycles. The molecule has 1 aliphatic rings. The monoisotopic (exact) mass is 253 g/mol. The van der Waals surface area contributed by atoms with E-state index in [2.05, 4.69) is 17.4 Å². The Morgan fingerprint density at radius 1 is 1.11 bits per heavy atom. The van der Waals surface area contributed by atoms with Crippen LogP contribution in [0, 0.1) is 5.82 Å². The molecule has 0 amide bonds. The van der Waals surface area contributed by atoms with Crippen LogP contribution in [0.2, 0.25) is 0 Å². The second-order valence-corrected chi connectivity index (χ2v) is 4.87. The predicted octanol–water partition coefficient (Wildman–Crippen LogP) is 4.28. The third kappa shape index (κ3) is 1.62. The Morgan fingerprint density at radius 3 is 2.84 bits per heavy atom. The second kappa shape index (κ2) is 3.85. The normalized spacial score (nSPS) is 17.4. The molecule has 0 bridgehead atoms. The van der Waals surface area contributed by atoms with Crippen molar-refractivity contribution in [2.75, 3.05) is 5.32 Å². The summed E-state index contributed by atoms with van der Waals surface area (Å²) in [4.78, 5) is 0. The molecule has 0 radical (unpaired) electrons. The topological polar surface area (TPSA) is 25.2 Å². The fraction of sp³-hybridized carbons (Fsp3) is 0.125. The van der Waals surface area contributed by atoms with Gasteiger partial charge in [-0.3, -0.25) is 0 Å². The third-order valence-corrected chi connectivity index (χ3v) is 3.63. The molecule has 2 aromatic carbocycles. The van der Waals surface area contributed by atoms with Crippen LogP contribution in [-0.2, 0) is 6.42 Å². The van der Waals surface area contributed by atoms with Gasteiger partial charge in [-0.1, -0.05) is 30.3 Å². The van der Waals surface area contributed by atoms with E-state index in [1.54, 1.807) is 6.07 Å². The Morgan fingerprint density at radius 2 is 2.00 bits per heavy atom. The maximum Gasteiger partial charge on any atom is 0.170 e. The van der Waals surface area contributed by atoms with E-state index in [4.69, 9.17) is 4.42 Å². The molecular formula is C16H12FNO. The van der Waals surface area contributed by atoms with E-state index >= 15 is 0 Å². The van der Waals surface area contributed by atoms with Gasteiger partial charge in [0.05, 0.1) is 6.04 Å². The van der Waals surface area contributed by atoms with Crippen LogP contribution in [0.3, 0.4) is 0 Å². The van der Waals surface area contributed by atoms with Gasteiger partial charge in [0.25, 0.3) is 0 Å². The van der Waals surface area contributed by atoms with Crippen molar-refractivity contribution in [1.29, 1.82) is 0 Å². The summed E-state index contributed by atoms with van der Waals surface area (Å²) in [5, 5.41) is 4.23. The zero-order chi connectivity index (χ0) is 12.8. The molecule has 1 N–H and O–H groups in total. The number of fused-ring (bicyclic) bond motifs is 2. The van der Waals surface area contributed by atoms with E-state index in [9.17, 15) is 4.39 Å². The summed E-state index contributed by atoms with van der Waals surface area (Å²) in [6.07, 6.45) is 0.873. The number of hydrogen-bond donors (Lipinski definition) is 1. The molecular weight excluding hydrogens is 241 g/mol. The van der Waals surface area contributed by atoms with Gasteiger partial charge >= 0.3 is 0 Å². The van der Waals surface area contributed by atoms with Gasteiger partial charge in [-0.25, -0.2) is 4.39 Å². The van der Waals surface area contributed by atoms with E-state index < -0.39 is 0 Å². The van der Waals surface area contributed by atoms with Crippen molar-refractivity contribution in [1.82, 2.24) is 0 Å². The Bertz CT molecular complexity index is 737. The molecule has 1 aliphatic heterocycles. The van der Waals surface area contributed by atoms with Gasteiger partial charge in [0.2, 0.25) is 0 Å². The summed E-state index contributed by atoms with van der Waals surface area (Å²) in [5.41, 5.74) is 2.75. The molecule has 94 valence electrons. The summed E-state index contributed by atoms with van der Waals surface area (Å²) >= 11 is 0. The standard InChI is InChI=1S/C16H12FNO/c17-12-6-3-5-11-9-15(19-16(11)12)14-8-10-4-1-2-7-13(10)18-14/h1-7,9,14,18H,8H2. The van der Waals surface area contributed by atoms with Crippen molar-refractivity contribution in [3.63, 3.8) is 0 Å². The molecule has 0 saturated carbocycles. The summed E-state index contributed by atoms with van der Waals surface area (Å²) in [6, 6.07) is 15.2. The maximum absolute atomic E-state index is 13.6. The van der Waals surface area contributed by atoms with Crippen LogP contribution in [0.15, 0.2) is 52.9 Å². The van der Waals surface area contributed by atoms with Crippen LogP contribution < -0.4 is 5.32 Å². The average molecular weight is 253 g/mol. The van der Waals surface area contributed by atoms with Gasteiger partial charge in [-0.2, -0.15) is 0 Å². The third-order valence-electron chi connectivity index (χ3n) is 3.63. The molecule has 2 heterocycles. The van der Waals surface area contributed by atoms with Gasteiger partial charge < -0.3 is 9.73 Å². The number of para-hydroxylation sites is 2. The van der Waals surface area contributed by atoms with E-state index in [1.807, 2.05) is 24.3 Å². The van der Waals surface area contributed by atoms with E-state index in [-0.39, 0.29) is 11.9 Å². The highest BCUT2D eigenvalue weighted by Gasteiger charge is 2.24. The van der Waals surface area contributed by atoms with Crippen molar-refractivity contribution >= 4 is 16.7 Å². The smallest absolute Gasteiger partial charge is 0.170 e. The maximum atomic E-state index is 13.6. The molecule has 4 rings (SSSR count). The summed E-state index contributed by atoms with van der Waals surface area (Å²) in [6.45, 7) is 0. The number of anilines is 1. The number of hydrogen-bond acceptors (Lipinski definition) is 2. The minimum atomic E-state index is -0.306. The minimum Gasteiger partial charge on any atom is -0.456 e. The minimum absolute atomic E-state index is 0.0872. The van der Waals surface area contributed by atoms with Crippen LogP contribution in [0.4, 0.5) is 10.1 Å². The lowest BCUT2D eigenvalue weighted by atomic mass is 10.1. The zero-order valence-corrected chi connectivity index (χ0v) is 10.2. The first-order valence-corrected chi connectivity index (χ1v) is 6.34. The predicted molar refractivity (Wildman–Crippen MR) is 72.7 cm³/mol. The first-order chi connectivity index (χ1) is 9.31. The SMILES string of the molecule is Fc1cccc2cc(C3Cc4ccccc4N3)oc12. The van der Waals surface area contributed by atoms with Gasteiger partial charge in [0, 0.05) is 17.5 Å². The number of halogens is 1. The average Bonchev–Trinajstić information content (AvgIpc) is 3.02. The number of benzene rings is 2. The van der Waals surface area contributed by atoms with Crippen molar-refractivity contribution in [2.45, 2.75) is 12.5 Å². The highest BCUT2D eigenvalue weighted by molar-refractivity contribution is 5.78. The second-order valence-electron chi connectivity index (χ2n) is 4.87. The molecule has 0 spiro atoms. The largest absolute Gasteiger partial charge is 0.456 e. The Hall–Kier alpha value is -2.29. The quantitative estimate of drug-likeness (QED) is 0.700. The van der Waals surface area contributed by atoms with Crippen molar-refractivity contribution in [3.05, 3.63) is 65.7 Å². The molecule has 1 aromatic heterocycles. The first-order valence-electron chi connectivity index (χ1n) is 6.34. The van der Waals surface area contributed by atoms with Gasteiger partial charge in [0.15, 0.2) is 11.4 Å². The van der Waals surface area contributed by atoms with Crippen LogP contribution in [0.25, 0.3) is 11.0 Å². The number of nitrogens with one attached hydrogen (secondary N) is 1. The summed E-state index contributed by atoms with van der Waals surface area (Å²) < 4.78 is 19.3. The zero-order valence-electron chi connectivity index (χ0n) is 10.2. The molecule has 0 aliphatic carbocycles. The van der Waals surface area contributed by atoms with Crippen molar-refractivity contribution < 1.29 is 8.81 Å². The van der Waals surface area contributed by atoms with Crippen LogP contribution in [0.1, 0.15) is 17.4 Å². The van der Waals surface area contributed by atoms with E-state index in [0.717, 1.165) is 23.3 Å². The first kappa shape index (κ1) is 10.6. The Kier molecular flexibility index (Phi) is 2.15. The lowest BCUT2D eigenvalue weighted by Gasteiger charge is -2.06. The van der Waals surface area contributed by atoms with Gasteiger partial charge in [0.1, 0.15) is 5.76 Å². The highest BCUT2D eigenvalue weighted by atomic mass is 19.1. The number of rotatable bonds is 1. The molecule has 2 nitrogen and oxygen atoms in total.